The number of amides is 1. The largest absolute Gasteiger partial charge is 0.350 e. The predicted octanol–water partition coefficient (Wildman–Crippen LogP) is 3.32. The lowest BCUT2D eigenvalue weighted by Gasteiger charge is -2.09. The average Bonchev–Trinajstić information content (AvgIpc) is 3.36. The maximum absolute atomic E-state index is 12.9. The standard InChI is InChI=1S/C24H22N6O2/c1-3-17-6-4-5-7-19(17)25-22(31)15-30-24(32)28-12-13-29-21(23(28)27-30)14-20(26-29)18-10-8-16(2)9-11-18/h4-14H,3,15H2,1-2H3,(H,25,31). The molecule has 0 aliphatic heterocycles. The van der Waals surface area contributed by atoms with Crippen molar-refractivity contribution in [3.63, 3.8) is 0 Å². The molecule has 0 saturated carbocycles. The first kappa shape index (κ1) is 19.7. The van der Waals surface area contributed by atoms with E-state index in [1.165, 1.54) is 14.6 Å². The van der Waals surface area contributed by atoms with Gasteiger partial charge in [-0.15, -0.1) is 5.10 Å². The maximum atomic E-state index is 12.9. The fraction of sp³-hybridized carbons (Fsp3) is 0.167. The van der Waals surface area contributed by atoms with Crippen LogP contribution in [0.25, 0.3) is 22.4 Å². The number of hydrogen-bond donors (Lipinski definition) is 1. The van der Waals surface area contributed by atoms with E-state index in [0.29, 0.717) is 11.2 Å². The van der Waals surface area contributed by atoms with Crippen LogP contribution in [-0.4, -0.2) is 29.7 Å². The van der Waals surface area contributed by atoms with Crippen LogP contribution in [0.5, 0.6) is 0 Å². The highest BCUT2D eigenvalue weighted by Crippen LogP contribution is 2.22. The molecule has 0 atom stereocenters. The summed E-state index contributed by atoms with van der Waals surface area (Å²) in [5, 5.41) is 11.9. The van der Waals surface area contributed by atoms with Crippen LogP contribution in [0.15, 0.2) is 71.8 Å². The second-order valence-electron chi connectivity index (χ2n) is 7.72. The molecule has 0 bridgehead atoms. The van der Waals surface area contributed by atoms with E-state index in [-0.39, 0.29) is 18.1 Å². The monoisotopic (exact) mass is 426 g/mol. The fourth-order valence-electron chi connectivity index (χ4n) is 3.78. The Morgan fingerprint density at radius 3 is 2.59 bits per heavy atom. The summed E-state index contributed by atoms with van der Waals surface area (Å²) in [4.78, 5) is 25.5. The number of fused-ring (bicyclic) bond motifs is 3. The summed E-state index contributed by atoms with van der Waals surface area (Å²) in [6.45, 7) is 3.88. The minimum Gasteiger partial charge on any atom is -0.324 e. The lowest BCUT2D eigenvalue weighted by atomic mass is 10.1. The summed E-state index contributed by atoms with van der Waals surface area (Å²) >= 11 is 0. The molecule has 1 N–H and O–H groups in total. The Morgan fingerprint density at radius 2 is 1.81 bits per heavy atom. The molecule has 0 aliphatic carbocycles. The van der Waals surface area contributed by atoms with Gasteiger partial charge in [-0.2, -0.15) is 5.10 Å². The third-order valence-corrected chi connectivity index (χ3v) is 5.51. The van der Waals surface area contributed by atoms with Gasteiger partial charge in [-0.3, -0.25) is 4.79 Å². The minimum atomic E-state index is -0.375. The highest BCUT2D eigenvalue weighted by Gasteiger charge is 2.16. The summed E-state index contributed by atoms with van der Waals surface area (Å²) < 4.78 is 4.31. The van der Waals surface area contributed by atoms with Crippen LogP contribution in [0.1, 0.15) is 18.1 Å². The Hall–Kier alpha value is -4.20. The topological polar surface area (TPSA) is 85.7 Å². The molecule has 1 amide bonds. The number of hydrogen-bond acceptors (Lipinski definition) is 4. The number of nitrogens with zero attached hydrogens (tertiary/aromatic N) is 5. The van der Waals surface area contributed by atoms with Crippen molar-refractivity contribution in [2.24, 2.45) is 0 Å². The molecule has 3 heterocycles. The second-order valence-corrected chi connectivity index (χ2v) is 7.72. The van der Waals surface area contributed by atoms with Gasteiger partial charge in [0.15, 0.2) is 5.65 Å². The van der Waals surface area contributed by atoms with E-state index < -0.39 is 0 Å². The van der Waals surface area contributed by atoms with E-state index in [0.717, 1.165) is 28.9 Å². The summed E-state index contributed by atoms with van der Waals surface area (Å²) in [6.07, 6.45) is 4.13. The first-order valence-corrected chi connectivity index (χ1v) is 10.5. The SMILES string of the molecule is CCc1ccccc1NC(=O)Cn1nc2c3cc(-c4ccc(C)cc4)nn3ccn2c1=O. The minimum absolute atomic E-state index is 0.177. The normalized spacial score (nSPS) is 11.3. The number of carbonyl (C=O) groups is 1. The predicted molar refractivity (Wildman–Crippen MR) is 123 cm³/mol. The Morgan fingerprint density at radius 1 is 1.03 bits per heavy atom. The van der Waals surface area contributed by atoms with Crippen molar-refractivity contribution in [3.8, 4) is 11.3 Å². The maximum Gasteiger partial charge on any atom is 0.350 e. The number of benzene rings is 2. The zero-order valence-corrected chi connectivity index (χ0v) is 17.8. The lowest BCUT2D eigenvalue weighted by Crippen LogP contribution is -2.28. The molecule has 0 radical (unpaired) electrons. The van der Waals surface area contributed by atoms with Gasteiger partial charge in [0.25, 0.3) is 0 Å². The molecule has 8 nitrogen and oxygen atoms in total. The number of aromatic nitrogens is 5. The number of aryl methyl sites for hydroxylation is 2. The molecule has 5 rings (SSSR count). The molecule has 0 unspecified atom stereocenters. The van der Waals surface area contributed by atoms with E-state index in [1.807, 2.05) is 68.4 Å². The van der Waals surface area contributed by atoms with Gasteiger partial charge in [0.2, 0.25) is 5.91 Å². The quantitative estimate of drug-likeness (QED) is 0.467. The zero-order chi connectivity index (χ0) is 22.2. The molecule has 32 heavy (non-hydrogen) atoms. The van der Waals surface area contributed by atoms with Gasteiger partial charge in [-0.05, 0) is 31.0 Å². The van der Waals surface area contributed by atoms with Gasteiger partial charge >= 0.3 is 5.69 Å². The van der Waals surface area contributed by atoms with Gasteiger partial charge in [0, 0.05) is 23.6 Å². The molecule has 0 saturated heterocycles. The third-order valence-electron chi connectivity index (χ3n) is 5.51. The van der Waals surface area contributed by atoms with Crippen LogP contribution in [0.2, 0.25) is 0 Å². The van der Waals surface area contributed by atoms with Crippen LogP contribution in [0, 0.1) is 6.92 Å². The van der Waals surface area contributed by atoms with Crippen molar-refractivity contribution in [2.75, 3.05) is 5.32 Å². The van der Waals surface area contributed by atoms with E-state index in [1.54, 1.807) is 16.9 Å². The Kier molecular flexibility index (Phi) is 4.82. The summed E-state index contributed by atoms with van der Waals surface area (Å²) in [5.41, 5.74) is 5.48. The van der Waals surface area contributed by atoms with Crippen LogP contribution in [0.3, 0.4) is 0 Å². The van der Waals surface area contributed by atoms with Gasteiger partial charge < -0.3 is 5.32 Å². The molecule has 8 heteroatoms. The number of carbonyl (C=O) groups excluding carboxylic acids is 1. The average molecular weight is 426 g/mol. The zero-order valence-electron chi connectivity index (χ0n) is 17.8. The fourth-order valence-corrected chi connectivity index (χ4v) is 3.78. The second kappa shape index (κ2) is 7.81. The van der Waals surface area contributed by atoms with E-state index in [4.69, 9.17) is 0 Å². The van der Waals surface area contributed by atoms with Crippen molar-refractivity contribution in [1.82, 2.24) is 23.8 Å². The summed E-state index contributed by atoms with van der Waals surface area (Å²) in [5.74, 6) is -0.304. The van der Waals surface area contributed by atoms with Gasteiger partial charge in [0.1, 0.15) is 12.1 Å². The molecule has 5 aromatic rings. The van der Waals surface area contributed by atoms with Crippen LogP contribution >= 0.6 is 0 Å². The molecule has 160 valence electrons. The summed E-state index contributed by atoms with van der Waals surface area (Å²) in [7, 11) is 0. The molecule has 2 aromatic carbocycles. The third kappa shape index (κ3) is 3.45. The highest BCUT2D eigenvalue weighted by atomic mass is 16.2. The number of rotatable bonds is 5. The summed E-state index contributed by atoms with van der Waals surface area (Å²) in [6, 6.07) is 17.6. The smallest absolute Gasteiger partial charge is 0.324 e. The van der Waals surface area contributed by atoms with Crippen LogP contribution in [0.4, 0.5) is 5.69 Å². The van der Waals surface area contributed by atoms with E-state index in [9.17, 15) is 9.59 Å². The van der Waals surface area contributed by atoms with Crippen molar-refractivity contribution in [1.29, 1.82) is 0 Å². The van der Waals surface area contributed by atoms with Crippen molar-refractivity contribution >= 4 is 22.8 Å². The van der Waals surface area contributed by atoms with Crippen molar-refractivity contribution in [2.45, 2.75) is 26.8 Å². The first-order chi connectivity index (χ1) is 15.5. The highest BCUT2D eigenvalue weighted by molar-refractivity contribution is 5.91. The number of para-hydroxylation sites is 1. The van der Waals surface area contributed by atoms with Crippen molar-refractivity contribution < 1.29 is 4.79 Å². The molecule has 3 aromatic heterocycles. The lowest BCUT2D eigenvalue weighted by molar-refractivity contribution is -0.117. The van der Waals surface area contributed by atoms with Crippen molar-refractivity contribution in [3.05, 3.63) is 88.6 Å². The van der Waals surface area contributed by atoms with Gasteiger partial charge in [-0.25, -0.2) is 18.4 Å². The molecular formula is C24H22N6O2. The number of anilines is 1. The number of nitrogens with one attached hydrogen (secondary N) is 1. The van der Waals surface area contributed by atoms with Gasteiger partial charge in [-0.1, -0.05) is 55.0 Å². The molecular weight excluding hydrogens is 404 g/mol. The van der Waals surface area contributed by atoms with E-state index in [2.05, 4.69) is 15.5 Å². The Bertz CT molecular complexity index is 1510. The Balaban J connectivity index is 1.48. The molecule has 0 fully saturated rings. The molecule has 0 spiro atoms. The van der Waals surface area contributed by atoms with Crippen LogP contribution in [-0.2, 0) is 17.8 Å². The molecule has 0 aliphatic rings. The van der Waals surface area contributed by atoms with E-state index >= 15 is 0 Å². The first-order valence-electron chi connectivity index (χ1n) is 10.5. The van der Waals surface area contributed by atoms with Gasteiger partial charge in [0.05, 0.1) is 5.69 Å². The Labute approximate surface area is 183 Å². The van der Waals surface area contributed by atoms with Crippen LogP contribution < -0.4 is 11.0 Å².